The van der Waals surface area contributed by atoms with Gasteiger partial charge in [0.25, 0.3) is 0 Å². The summed E-state index contributed by atoms with van der Waals surface area (Å²) in [5.74, 6) is -1.05. The van der Waals surface area contributed by atoms with Crippen molar-refractivity contribution in [2.24, 2.45) is 11.7 Å². The highest BCUT2D eigenvalue weighted by Gasteiger charge is 2.31. The van der Waals surface area contributed by atoms with Crippen LogP contribution in [0, 0.1) is 5.92 Å². The van der Waals surface area contributed by atoms with Crippen molar-refractivity contribution in [2.45, 2.75) is 19.9 Å². The van der Waals surface area contributed by atoms with Crippen molar-refractivity contribution in [1.29, 1.82) is 0 Å². The van der Waals surface area contributed by atoms with E-state index in [0.29, 0.717) is 12.2 Å². The largest absolute Gasteiger partial charge is 0.489 e. The number of carbonyl (C=O) groups is 2. The van der Waals surface area contributed by atoms with E-state index in [1.54, 1.807) is 12.1 Å². The fraction of sp³-hybridized carbons (Fsp3) is 0.429. The Morgan fingerprint density at radius 2 is 2.10 bits per heavy atom. The fourth-order valence-electron chi connectivity index (χ4n) is 2.11. The van der Waals surface area contributed by atoms with Gasteiger partial charge in [-0.3, -0.25) is 4.79 Å². The molecule has 0 unspecified atom stereocenters. The minimum atomic E-state index is -1.08. The Hall–Kier alpha value is -2.08. The molecule has 108 valence electrons. The number of anilines is 1. The first-order chi connectivity index (χ1) is 9.43. The molecule has 1 aromatic carbocycles. The molecule has 1 aliphatic heterocycles. The number of nitrogens with zero attached hydrogens (tertiary/aromatic N) is 1. The van der Waals surface area contributed by atoms with E-state index in [4.69, 9.17) is 15.6 Å². The third kappa shape index (κ3) is 2.46. The first-order valence-corrected chi connectivity index (χ1v) is 6.49. The van der Waals surface area contributed by atoms with Gasteiger partial charge in [-0.2, -0.15) is 0 Å². The summed E-state index contributed by atoms with van der Waals surface area (Å²) >= 11 is 0. The van der Waals surface area contributed by atoms with Crippen LogP contribution in [0.3, 0.4) is 0 Å². The number of amides is 1. The smallest absolute Gasteiger partial charge is 0.339 e. The SMILES string of the molecule is CC(C)[C@H](N)C(=O)N1CCOc2c(C(=O)O)cccc21. The number of rotatable bonds is 3. The minimum Gasteiger partial charge on any atom is -0.489 e. The number of hydrogen-bond acceptors (Lipinski definition) is 4. The van der Waals surface area contributed by atoms with Gasteiger partial charge in [-0.1, -0.05) is 19.9 Å². The number of carboxylic acids is 1. The molecule has 0 aliphatic carbocycles. The zero-order valence-corrected chi connectivity index (χ0v) is 11.5. The normalized spacial score (nSPS) is 15.5. The number of nitrogens with two attached hydrogens (primary N) is 1. The summed E-state index contributed by atoms with van der Waals surface area (Å²) in [6, 6.07) is 4.11. The maximum Gasteiger partial charge on any atom is 0.339 e. The van der Waals surface area contributed by atoms with Crippen LogP contribution < -0.4 is 15.4 Å². The molecule has 1 aliphatic rings. The van der Waals surface area contributed by atoms with Crippen LogP contribution in [0.5, 0.6) is 5.75 Å². The Bertz CT molecular complexity index is 542. The van der Waals surface area contributed by atoms with Crippen LogP contribution in [0.1, 0.15) is 24.2 Å². The van der Waals surface area contributed by atoms with Gasteiger partial charge in [-0.05, 0) is 18.1 Å². The fourth-order valence-corrected chi connectivity index (χ4v) is 2.11. The molecule has 1 atom stereocenters. The Labute approximate surface area is 117 Å². The first-order valence-electron chi connectivity index (χ1n) is 6.49. The molecular weight excluding hydrogens is 260 g/mol. The minimum absolute atomic E-state index is 0.0106. The van der Waals surface area contributed by atoms with Crippen molar-refractivity contribution in [1.82, 2.24) is 0 Å². The number of carbonyl (C=O) groups excluding carboxylic acids is 1. The highest BCUT2D eigenvalue weighted by Crippen LogP contribution is 2.35. The number of hydrogen-bond donors (Lipinski definition) is 2. The van der Waals surface area contributed by atoms with Gasteiger partial charge in [0.15, 0.2) is 5.75 Å². The number of carboxylic acid groups (broad SMARTS) is 1. The van der Waals surface area contributed by atoms with Crippen LogP contribution in [0.15, 0.2) is 18.2 Å². The van der Waals surface area contributed by atoms with Crippen molar-refractivity contribution in [3.05, 3.63) is 23.8 Å². The highest BCUT2D eigenvalue weighted by atomic mass is 16.5. The molecule has 3 N–H and O–H groups in total. The van der Waals surface area contributed by atoms with Gasteiger partial charge in [-0.15, -0.1) is 0 Å². The van der Waals surface area contributed by atoms with E-state index in [0.717, 1.165) is 0 Å². The van der Waals surface area contributed by atoms with Gasteiger partial charge in [0.05, 0.1) is 18.3 Å². The quantitative estimate of drug-likeness (QED) is 0.863. The van der Waals surface area contributed by atoms with E-state index >= 15 is 0 Å². The molecule has 1 aromatic rings. The number of fused-ring (bicyclic) bond motifs is 1. The van der Waals surface area contributed by atoms with Crippen molar-refractivity contribution in [3.63, 3.8) is 0 Å². The lowest BCUT2D eigenvalue weighted by Crippen LogP contribution is -2.49. The summed E-state index contributed by atoms with van der Waals surface area (Å²) in [7, 11) is 0. The van der Waals surface area contributed by atoms with E-state index in [1.807, 2.05) is 13.8 Å². The lowest BCUT2D eigenvalue weighted by atomic mass is 10.0. The van der Waals surface area contributed by atoms with Gasteiger partial charge in [0.1, 0.15) is 12.2 Å². The van der Waals surface area contributed by atoms with Gasteiger partial charge in [0.2, 0.25) is 5.91 Å². The standard InChI is InChI=1S/C14H18N2O4/c1-8(2)11(15)13(17)16-6-7-20-12-9(14(18)19)4-3-5-10(12)16/h3-5,8,11H,6-7,15H2,1-2H3,(H,18,19)/t11-/m0/s1. The molecule has 1 heterocycles. The average Bonchev–Trinajstić information content (AvgIpc) is 2.44. The second kappa shape index (κ2) is 5.50. The summed E-state index contributed by atoms with van der Waals surface area (Å²) in [5, 5.41) is 9.15. The molecule has 6 nitrogen and oxygen atoms in total. The maximum atomic E-state index is 12.4. The highest BCUT2D eigenvalue weighted by molar-refractivity contribution is 6.02. The Balaban J connectivity index is 2.41. The zero-order chi connectivity index (χ0) is 14.9. The van der Waals surface area contributed by atoms with E-state index in [1.165, 1.54) is 11.0 Å². The Morgan fingerprint density at radius 1 is 1.40 bits per heavy atom. The van der Waals surface area contributed by atoms with Crippen molar-refractivity contribution < 1.29 is 19.4 Å². The Morgan fingerprint density at radius 3 is 2.70 bits per heavy atom. The third-order valence-electron chi connectivity index (χ3n) is 3.35. The number of aromatic carboxylic acids is 1. The van der Waals surface area contributed by atoms with E-state index in [-0.39, 0.29) is 29.7 Å². The second-order valence-corrected chi connectivity index (χ2v) is 5.07. The topological polar surface area (TPSA) is 92.9 Å². The van der Waals surface area contributed by atoms with Gasteiger partial charge in [-0.25, -0.2) is 4.79 Å². The summed E-state index contributed by atoms with van der Waals surface area (Å²) in [6.45, 7) is 4.37. The second-order valence-electron chi connectivity index (χ2n) is 5.07. The number of ether oxygens (including phenoxy) is 1. The van der Waals surface area contributed by atoms with Crippen LogP contribution in [0.4, 0.5) is 5.69 Å². The molecule has 0 saturated heterocycles. The summed E-state index contributed by atoms with van der Waals surface area (Å²) in [4.78, 5) is 25.1. The van der Waals surface area contributed by atoms with Crippen molar-refractivity contribution in [2.75, 3.05) is 18.1 Å². The van der Waals surface area contributed by atoms with Crippen molar-refractivity contribution in [3.8, 4) is 5.75 Å². The van der Waals surface area contributed by atoms with E-state index < -0.39 is 12.0 Å². The predicted octanol–water partition coefficient (Wildman–Crippen LogP) is 1.09. The summed E-state index contributed by atoms with van der Waals surface area (Å²) in [5.41, 5.74) is 6.42. The monoisotopic (exact) mass is 278 g/mol. The molecule has 0 radical (unpaired) electrons. The molecule has 0 bridgehead atoms. The molecule has 0 saturated carbocycles. The predicted molar refractivity (Wildman–Crippen MR) is 74.1 cm³/mol. The molecule has 20 heavy (non-hydrogen) atoms. The van der Waals surface area contributed by atoms with Gasteiger partial charge in [0, 0.05) is 0 Å². The molecule has 0 spiro atoms. The van der Waals surface area contributed by atoms with Crippen LogP contribution >= 0.6 is 0 Å². The van der Waals surface area contributed by atoms with Gasteiger partial charge < -0.3 is 20.5 Å². The molecule has 0 aromatic heterocycles. The summed E-state index contributed by atoms with van der Waals surface area (Å²) < 4.78 is 5.42. The molecular formula is C14H18N2O4. The lowest BCUT2D eigenvalue weighted by Gasteiger charge is -2.32. The van der Waals surface area contributed by atoms with E-state index in [2.05, 4.69) is 0 Å². The molecule has 2 rings (SSSR count). The molecule has 6 heteroatoms. The molecule has 0 fully saturated rings. The summed E-state index contributed by atoms with van der Waals surface area (Å²) in [6.07, 6.45) is 0. The van der Waals surface area contributed by atoms with Crippen LogP contribution in [0.2, 0.25) is 0 Å². The van der Waals surface area contributed by atoms with Crippen LogP contribution in [0.25, 0.3) is 0 Å². The van der Waals surface area contributed by atoms with Gasteiger partial charge >= 0.3 is 5.97 Å². The van der Waals surface area contributed by atoms with Crippen molar-refractivity contribution >= 4 is 17.6 Å². The first kappa shape index (κ1) is 14.3. The third-order valence-corrected chi connectivity index (χ3v) is 3.35. The number of para-hydroxylation sites is 1. The maximum absolute atomic E-state index is 12.4. The van der Waals surface area contributed by atoms with Crippen LogP contribution in [-0.4, -0.2) is 36.2 Å². The van der Waals surface area contributed by atoms with Crippen LogP contribution in [-0.2, 0) is 4.79 Å². The Kier molecular flexibility index (Phi) is 3.94. The zero-order valence-electron chi connectivity index (χ0n) is 11.5. The average molecular weight is 278 g/mol. The van der Waals surface area contributed by atoms with E-state index in [9.17, 15) is 9.59 Å². The lowest BCUT2D eigenvalue weighted by molar-refractivity contribution is -0.120. The molecule has 1 amide bonds. The number of benzene rings is 1.